The number of piperazine rings is 1. The Balaban J connectivity index is 1.71. The van der Waals surface area contributed by atoms with E-state index in [1.54, 1.807) is 12.1 Å². The van der Waals surface area contributed by atoms with Crippen molar-refractivity contribution in [1.82, 2.24) is 31.0 Å². The van der Waals surface area contributed by atoms with E-state index in [9.17, 15) is 4.79 Å². The van der Waals surface area contributed by atoms with Crippen LogP contribution >= 0.6 is 0 Å². The van der Waals surface area contributed by atoms with Gasteiger partial charge in [-0.2, -0.15) is 4.98 Å². The number of methoxy groups -OCH3 is 1. The molecule has 1 amide bonds. The molecule has 3 heterocycles. The lowest BCUT2D eigenvalue weighted by molar-refractivity contribution is -0.124. The third-order valence-electron chi connectivity index (χ3n) is 3.06. The van der Waals surface area contributed by atoms with Crippen LogP contribution in [0.4, 0.5) is 0 Å². The fraction of sp³-hybridized carbons (Fsp3) is 0.417. The molecular formula is C12H14N6O3. The highest BCUT2D eigenvalue weighted by Crippen LogP contribution is 2.15. The number of ether oxygens (including phenoxy) is 1. The minimum absolute atomic E-state index is 0.0646. The normalized spacial score (nSPS) is 18.3. The molecule has 21 heavy (non-hydrogen) atoms. The summed E-state index contributed by atoms with van der Waals surface area (Å²) in [6, 6.07) is 2.99. The van der Waals surface area contributed by atoms with Crippen molar-refractivity contribution in [1.29, 1.82) is 0 Å². The van der Waals surface area contributed by atoms with Crippen LogP contribution in [0.15, 0.2) is 16.7 Å². The zero-order valence-electron chi connectivity index (χ0n) is 11.4. The summed E-state index contributed by atoms with van der Waals surface area (Å²) in [5, 5.41) is 17.5. The Labute approximate surface area is 120 Å². The van der Waals surface area contributed by atoms with Gasteiger partial charge in [0, 0.05) is 19.2 Å². The van der Waals surface area contributed by atoms with Gasteiger partial charge in [0.2, 0.25) is 23.5 Å². The van der Waals surface area contributed by atoms with Crippen LogP contribution in [-0.2, 0) is 11.2 Å². The van der Waals surface area contributed by atoms with Gasteiger partial charge in [-0.25, -0.2) is 0 Å². The highest BCUT2D eigenvalue weighted by molar-refractivity contribution is 5.82. The van der Waals surface area contributed by atoms with Gasteiger partial charge in [0.15, 0.2) is 0 Å². The lowest BCUT2D eigenvalue weighted by Gasteiger charge is -2.21. The molecule has 2 N–H and O–H groups in total. The van der Waals surface area contributed by atoms with E-state index in [0.717, 1.165) is 6.54 Å². The van der Waals surface area contributed by atoms with Crippen molar-refractivity contribution in [3.05, 3.63) is 18.0 Å². The van der Waals surface area contributed by atoms with E-state index in [2.05, 4.69) is 31.0 Å². The molecule has 1 atom stereocenters. The second-order valence-electron chi connectivity index (χ2n) is 4.47. The van der Waals surface area contributed by atoms with Crippen LogP contribution in [-0.4, -0.2) is 52.5 Å². The molecule has 2 aromatic heterocycles. The number of nitrogens with zero attached hydrogens (tertiary/aromatic N) is 4. The first-order chi connectivity index (χ1) is 10.3. The Morgan fingerprint density at radius 3 is 3.00 bits per heavy atom. The third kappa shape index (κ3) is 2.97. The second-order valence-corrected chi connectivity index (χ2v) is 4.47. The van der Waals surface area contributed by atoms with Gasteiger partial charge < -0.3 is 19.9 Å². The lowest BCUT2D eigenvalue weighted by Crippen LogP contribution is -2.53. The van der Waals surface area contributed by atoms with E-state index >= 15 is 0 Å². The number of nitrogens with one attached hydrogen (secondary N) is 2. The molecular weight excluding hydrogens is 276 g/mol. The maximum atomic E-state index is 11.6. The topological polar surface area (TPSA) is 115 Å². The molecule has 9 heteroatoms. The Morgan fingerprint density at radius 2 is 2.29 bits per heavy atom. The molecule has 2 aromatic rings. The zero-order valence-corrected chi connectivity index (χ0v) is 11.4. The average molecular weight is 290 g/mol. The largest absolute Gasteiger partial charge is 0.480 e. The molecule has 9 nitrogen and oxygen atoms in total. The second kappa shape index (κ2) is 5.83. The molecule has 110 valence electrons. The number of hydrogen-bond donors (Lipinski definition) is 2. The Kier molecular flexibility index (Phi) is 3.73. The van der Waals surface area contributed by atoms with E-state index in [-0.39, 0.29) is 11.9 Å². The van der Waals surface area contributed by atoms with E-state index in [1.807, 2.05) is 0 Å². The summed E-state index contributed by atoms with van der Waals surface area (Å²) in [7, 11) is 1.51. The van der Waals surface area contributed by atoms with Crippen molar-refractivity contribution in [3.63, 3.8) is 0 Å². The van der Waals surface area contributed by atoms with Crippen LogP contribution in [0.5, 0.6) is 5.88 Å². The summed E-state index contributed by atoms with van der Waals surface area (Å²) >= 11 is 0. The number of aromatic nitrogens is 4. The van der Waals surface area contributed by atoms with Crippen molar-refractivity contribution >= 4 is 5.91 Å². The number of carbonyl (C=O) groups excluding carboxylic acids is 1. The van der Waals surface area contributed by atoms with Crippen LogP contribution in [0.2, 0.25) is 0 Å². The first-order valence-corrected chi connectivity index (χ1v) is 6.48. The van der Waals surface area contributed by atoms with Gasteiger partial charge in [-0.3, -0.25) is 4.79 Å². The first kappa shape index (κ1) is 13.4. The lowest BCUT2D eigenvalue weighted by atomic mass is 10.1. The van der Waals surface area contributed by atoms with Gasteiger partial charge in [0.1, 0.15) is 5.69 Å². The van der Waals surface area contributed by atoms with Crippen LogP contribution in [0.1, 0.15) is 5.89 Å². The summed E-state index contributed by atoms with van der Waals surface area (Å²) in [6.07, 6.45) is 0.336. The number of carbonyl (C=O) groups is 1. The zero-order chi connectivity index (χ0) is 14.7. The van der Waals surface area contributed by atoms with Crippen molar-refractivity contribution in [2.75, 3.05) is 20.2 Å². The van der Waals surface area contributed by atoms with Gasteiger partial charge in [0.25, 0.3) is 0 Å². The molecule has 0 bridgehead atoms. The molecule has 0 saturated carbocycles. The maximum Gasteiger partial charge on any atom is 0.237 e. The maximum absolute atomic E-state index is 11.6. The van der Waals surface area contributed by atoms with E-state index in [1.165, 1.54) is 7.11 Å². The Morgan fingerprint density at radius 1 is 1.38 bits per heavy atom. The highest BCUT2D eigenvalue weighted by atomic mass is 16.5. The van der Waals surface area contributed by atoms with Gasteiger partial charge >= 0.3 is 0 Å². The van der Waals surface area contributed by atoms with E-state index in [4.69, 9.17) is 9.26 Å². The third-order valence-corrected chi connectivity index (χ3v) is 3.06. The molecule has 0 aliphatic carbocycles. The molecule has 0 aromatic carbocycles. The quantitative estimate of drug-likeness (QED) is 0.749. The van der Waals surface area contributed by atoms with Gasteiger partial charge in [-0.1, -0.05) is 5.16 Å². The molecule has 3 rings (SSSR count). The molecule has 1 saturated heterocycles. The van der Waals surface area contributed by atoms with Crippen LogP contribution in [0, 0.1) is 0 Å². The van der Waals surface area contributed by atoms with Crippen LogP contribution in [0.3, 0.4) is 0 Å². The summed E-state index contributed by atoms with van der Waals surface area (Å²) in [5.74, 6) is 1.05. The SMILES string of the molecule is COc1ccc(-c2noc(CC3NCCNC3=O)n2)nn1. The first-order valence-electron chi connectivity index (χ1n) is 6.48. The molecule has 0 radical (unpaired) electrons. The minimum Gasteiger partial charge on any atom is -0.480 e. The predicted molar refractivity (Wildman–Crippen MR) is 70.4 cm³/mol. The minimum atomic E-state index is -0.353. The van der Waals surface area contributed by atoms with Crippen molar-refractivity contribution in [2.24, 2.45) is 0 Å². The van der Waals surface area contributed by atoms with Crippen LogP contribution in [0.25, 0.3) is 11.5 Å². The summed E-state index contributed by atoms with van der Waals surface area (Å²) in [5.41, 5.74) is 0.479. The predicted octanol–water partition coefficient (Wildman–Crippen LogP) is -0.834. The number of amides is 1. The fourth-order valence-corrected chi connectivity index (χ4v) is 1.98. The summed E-state index contributed by atoms with van der Waals surface area (Å²) < 4.78 is 10.1. The summed E-state index contributed by atoms with van der Waals surface area (Å²) in [4.78, 5) is 15.9. The van der Waals surface area contributed by atoms with Crippen molar-refractivity contribution in [3.8, 4) is 17.4 Å². The fourth-order valence-electron chi connectivity index (χ4n) is 1.98. The highest BCUT2D eigenvalue weighted by Gasteiger charge is 2.24. The average Bonchev–Trinajstić information content (AvgIpc) is 2.98. The molecule has 0 spiro atoms. The van der Waals surface area contributed by atoms with E-state index < -0.39 is 0 Å². The standard InChI is InChI=1S/C12H14N6O3/c1-20-9-3-2-7(16-17-9)11-15-10(21-18-11)6-8-12(19)14-5-4-13-8/h2-3,8,13H,4-6H2,1H3,(H,14,19). The molecule has 1 aliphatic rings. The molecule has 1 aliphatic heterocycles. The monoisotopic (exact) mass is 290 g/mol. The number of rotatable bonds is 4. The van der Waals surface area contributed by atoms with Crippen molar-refractivity contribution < 1.29 is 14.1 Å². The van der Waals surface area contributed by atoms with Gasteiger partial charge in [-0.15, -0.1) is 10.2 Å². The van der Waals surface area contributed by atoms with Crippen molar-refractivity contribution in [2.45, 2.75) is 12.5 Å². The molecule has 1 unspecified atom stereocenters. The molecule has 1 fully saturated rings. The van der Waals surface area contributed by atoms with Crippen LogP contribution < -0.4 is 15.4 Å². The summed E-state index contributed by atoms with van der Waals surface area (Å²) in [6.45, 7) is 1.35. The Bertz CT molecular complexity index is 626. The van der Waals surface area contributed by atoms with Gasteiger partial charge in [0.05, 0.1) is 19.6 Å². The smallest absolute Gasteiger partial charge is 0.237 e. The van der Waals surface area contributed by atoms with Gasteiger partial charge in [-0.05, 0) is 6.07 Å². The van der Waals surface area contributed by atoms with E-state index in [0.29, 0.717) is 36.3 Å². The Hall–Kier alpha value is -2.55. The number of hydrogen-bond acceptors (Lipinski definition) is 8.